The third-order valence-corrected chi connectivity index (χ3v) is 6.86. The molecular weight excluding hydrogens is 452 g/mol. The summed E-state index contributed by atoms with van der Waals surface area (Å²) in [5, 5.41) is 14.7. The number of hydrogen-bond donors (Lipinski definition) is 3. The van der Waals surface area contributed by atoms with Crippen molar-refractivity contribution < 1.29 is 19.5 Å². The molecule has 204 valence electrons. The Labute approximate surface area is 219 Å². The first-order chi connectivity index (χ1) is 17.5. The van der Waals surface area contributed by atoms with Crippen LogP contribution in [0.3, 0.4) is 0 Å². The van der Waals surface area contributed by atoms with Gasteiger partial charge in [-0.05, 0) is 12.0 Å². The molecule has 1 rings (SSSR count). The Morgan fingerprint density at radius 1 is 0.750 bits per heavy atom. The van der Waals surface area contributed by atoms with E-state index in [-0.39, 0.29) is 18.2 Å². The maximum Gasteiger partial charge on any atom is 0.304 e. The van der Waals surface area contributed by atoms with E-state index in [4.69, 9.17) is 0 Å². The Balaban J connectivity index is 2.30. The van der Waals surface area contributed by atoms with Crippen molar-refractivity contribution in [3.63, 3.8) is 0 Å². The molecule has 2 unspecified atom stereocenters. The van der Waals surface area contributed by atoms with E-state index in [1.165, 1.54) is 77.7 Å². The van der Waals surface area contributed by atoms with Crippen LogP contribution in [-0.2, 0) is 20.8 Å². The van der Waals surface area contributed by atoms with Gasteiger partial charge < -0.3 is 15.7 Å². The first kappa shape index (κ1) is 31.7. The summed E-state index contributed by atoms with van der Waals surface area (Å²) in [6.07, 6.45) is 18.2. The number of unbranched alkanes of at least 4 members (excludes halogenated alkanes) is 13. The Hall–Kier alpha value is -2.37. The fourth-order valence-electron chi connectivity index (χ4n) is 4.64. The van der Waals surface area contributed by atoms with Crippen molar-refractivity contribution in [2.75, 3.05) is 7.05 Å². The summed E-state index contributed by atoms with van der Waals surface area (Å²) in [6, 6.07) is 8.77. The van der Waals surface area contributed by atoms with Crippen molar-refractivity contribution >= 4 is 17.8 Å². The second-order valence-corrected chi connectivity index (χ2v) is 10.0. The van der Waals surface area contributed by atoms with Crippen LogP contribution >= 0.6 is 0 Å². The number of likely N-dealkylation sites (N-methyl/N-ethyl adjacent to an activating group) is 1. The van der Waals surface area contributed by atoms with Gasteiger partial charge in [-0.15, -0.1) is 0 Å². The minimum Gasteiger partial charge on any atom is -0.481 e. The van der Waals surface area contributed by atoms with Gasteiger partial charge in [0.1, 0.15) is 6.04 Å². The van der Waals surface area contributed by atoms with Gasteiger partial charge in [0, 0.05) is 19.4 Å². The normalized spacial score (nSPS) is 12.6. The Morgan fingerprint density at radius 3 is 1.72 bits per heavy atom. The highest BCUT2D eigenvalue weighted by atomic mass is 16.4. The highest BCUT2D eigenvalue weighted by Crippen LogP contribution is 2.18. The number of rotatable bonds is 22. The van der Waals surface area contributed by atoms with Crippen LogP contribution in [0, 0.1) is 5.92 Å². The van der Waals surface area contributed by atoms with Crippen molar-refractivity contribution in [3.8, 4) is 0 Å². The molecule has 1 aromatic carbocycles. The lowest BCUT2D eigenvalue weighted by molar-refractivity contribution is -0.141. The molecule has 0 radical (unpaired) electrons. The molecule has 6 heteroatoms. The van der Waals surface area contributed by atoms with Crippen LogP contribution in [0.4, 0.5) is 0 Å². The summed E-state index contributed by atoms with van der Waals surface area (Å²) in [5.41, 5.74) is 0.938. The first-order valence-corrected chi connectivity index (χ1v) is 14.3. The van der Waals surface area contributed by atoms with Crippen LogP contribution in [0.1, 0.15) is 115 Å². The maximum absolute atomic E-state index is 12.9. The molecule has 0 spiro atoms. The van der Waals surface area contributed by atoms with Crippen molar-refractivity contribution in [2.24, 2.45) is 5.92 Å². The molecule has 0 heterocycles. The van der Waals surface area contributed by atoms with Gasteiger partial charge in [-0.2, -0.15) is 0 Å². The van der Waals surface area contributed by atoms with Gasteiger partial charge in [0.15, 0.2) is 0 Å². The van der Waals surface area contributed by atoms with E-state index in [0.717, 1.165) is 24.8 Å². The molecule has 0 aliphatic heterocycles. The average Bonchev–Trinajstić information content (AvgIpc) is 2.87. The second kappa shape index (κ2) is 20.8. The van der Waals surface area contributed by atoms with Crippen molar-refractivity contribution in [1.29, 1.82) is 0 Å². The summed E-state index contributed by atoms with van der Waals surface area (Å²) >= 11 is 0. The highest BCUT2D eigenvalue weighted by Gasteiger charge is 2.26. The summed E-state index contributed by atoms with van der Waals surface area (Å²) in [4.78, 5) is 36.6. The number of carboxylic acid groups (broad SMARTS) is 1. The summed E-state index contributed by atoms with van der Waals surface area (Å²) in [5.74, 6) is -2.24. The molecule has 0 fully saturated rings. The SMILES string of the molecule is CCCCCCCCCCCCCCCCC(CC(=O)O)C(=O)NC(Cc1ccccc1)C(=O)NC. The first-order valence-electron chi connectivity index (χ1n) is 14.3. The van der Waals surface area contributed by atoms with E-state index in [1.807, 2.05) is 30.3 Å². The number of hydrogen-bond acceptors (Lipinski definition) is 3. The Kier molecular flexibility index (Phi) is 18.3. The fourth-order valence-corrected chi connectivity index (χ4v) is 4.64. The molecule has 0 saturated heterocycles. The van der Waals surface area contributed by atoms with Crippen LogP contribution in [-0.4, -0.2) is 36.0 Å². The molecule has 0 aliphatic rings. The number of amides is 2. The van der Waals surface area contributed by atoms with E-state index < -0.39 is 17.9 Å². The zero-order valence-corrected chi connectivity index (χ0v) is 22.7. The zero-order valence-electron chi connectivity index (χ0n) is 22.7. The topological polar surface area (TPSA) is 95.5 Å². The second-order valence-electron chi connectivity index (χ2n) is 10.0. The molecule has 0 bridgehead atoms. The Bertz CT molecular complexity index is 723. The van der Waals surface area contributed by atoms with Crippen molar-refractivity contribution in [3.05, 3.63) is 35.9 Å². The van der Waals surface area contributed by atoms with Crippen LogP contribution < -0.4 is 10.6 Å². The van der Waals surface area contributed by atoms with Crippen LogP contribution in [0.15, 0.2) is 30.3 Å². The average molecular weight is 503 g/mol. The van der Waals surface area contributed by atoms with Gasteiger partial charge in [0.25, 0.3) is 0 Å². The minimum absolute atomic E-state index is 0.212. The van der Waals surface area contributed by atoms with Gasteiger partial charge >= 0.3 is 5.97 Å². The lowest BCUT2D eigenvalue weighted by atomic mass is 9.95. The van der Waals surface area contributed by atoms with E-state index >= 15 is 0 Å². The van der Waals surface area contributed by atoms with Crippen molar-refractivity contribution in [1.82, 2.24) is 10.6 Å². The molecule has 1 aromatic rings. The summed E-state index contributed by atoms with van der Waals surface area (Å²) < 4.78 is 0. The number of nitrogens with one attached hydrogen (secondary N) is 2. The van der Waals surface area contributed by atoms with Gasteiger partial charge in [0.05, 0.1) is 6.42 Å². The van der Waals surface area contributed by atoms with E-state index in [9.17, 15) is 19.5 Å². The molecule has 3 N–H and O–H groups in total. The quantitative estimate of drug-likeness (QED) is 0.159. The highest BCUT2D eigenvalue weighted by molar-refractivity contribution is 5.89. The molecule has 2 amide bonds. The molecule has 0 aromatic heterocycles. The predicted molar refractivity (Wildman–Crippen MR) is 147 cm³/mol. The molecular formula is C30H50N2O4. The number of carbonyl (C=O) groups is 3. The maximum atomic E-state index is 12.9. The van der Waals surface area contributed by atoms with Crippen LogP contribution in [0.5, 0.6) is 0 Å². The van der Waals surface area contributed by atoms with E-state index in [1.54, 1.807) is 0 Å². The monoisotopic (exact) mass is 502 g/mol. The fraction of sp³-hybridized carbons (Fsp3) is 0.700. The molecule has 36 heavy (non-hydrogen) atoms. The number of aliphatic carboxylic acids is 1. The van der Waals surface area contributed by atoms with Gasteiger partial charge in [0.2, 0.25) is 11.8 Å². The summed E-state index contributed by atoms with van der Waals surface area (Å²) in [6.45, 7) is 2.25. The number of carboxylic acids is 1. The number of carbonyl (C=O) groups excluding carboxylic acids is 2. The van der Waals surface area contributed by atoms with Crippen molar-refractivity contribution in [2.45, 2.75) is 122 Å². The number of benzene rings is 1. The zero-order chi connectivity index (χ0) is 26.4. The third kappa shape index (κ3) is 15.6. The molecule has 2 atom stereocenters. The third-order valence-electron chi connectivity index (χ3n) is 6.86. The van der Waals surface area contributed by atoms with E-state index in [2.05, 4.69) is 17.6 Å². The predicted octanol–water partition coefficient (Wildman–Crippen LogP) is 6.42. The molecule has 0 aliphatic carbocycles. The van der Waals surface area contributed by atoms with E-state index in [0.29, 0.717) is 12.8 Å². The van der Waals surface area contributed by atoms with Gasteiger partial charge in [-0.25, -0.2) is 0 Å². The largest absolute Gasteiger partial charge is 0.481 e. The van der Waals surface area contributed by atoms with Gasteiger partial charge in [-0.3, -0.25) is 14.4 Å². The van der Waals surface area contributed by atoms with Gasteiger partial charge in [-0.1, -0.05) is 127 Å². The van der Waals surface area contributed by atoms with Crippen LogP contribution in [0.2, 0.25) is 0 Å². The standard InChI is InChI=1S/C30H50N2O4/c1-3-4-5-6-7-8-9-10-11-12-13-14-15-19-22-26(24-28(33)34)29(35)32-27(30(36)31-2)23-25-20-17-16-18-21-25/h16-18,20-21,26-27H,3-15,19,22-24H2,1-2H3,(H,31,36)(H,32,35)(H,33,34). The summed E-state index contributed by atoms with van der Waals surface area (Å²) in [7, 11) is 1.54. The Morgan fingerprint density at radius 2 is 1.25 bits per heavy atom. The lowest BCUT2D eigenvalue weighted by Gasteiger charge is -2.21. The smallest absolute Gasteiger partial charge is 0.304 e. The minimum atomic E-state index is -0.986. The lowest BCUT2D eigenvalue weighted by Crippen LogP contribution is -2.49. The molecule has 6 nitrogen and oxygen atoms in total. The molecule has 0 saturated carbocycles. The van der Waals surface area contributed by atoms with Crippen LogP contribution in [0.25, 0.3) is 0 Å².